The monoisotopic (exact) mass is 515 g/mol. The zero-order valence-corrected chi connectivity index (χ0v) is 21.5. The lowest BCUT2D eigenvalue weighted by Crippen LogP contribution is -2.37. The van der Waals surface area contributed by atoms with Gasteiger partial charge in [0.1, 0.15) is 5.75 Å². The van der Waals surface area contributed by atoms with Gasteiger partial charge in [0, 0.05) is 30.4 Å². The summed E-state index contributed by atoms with van der Waals surface area (Å²) in [5, 5.41) is 9.93. The van der Waals surface area contributed by atoms with Gasteiger partial charge in [0.25, 0.3) is 0 Å². The molecule has 0 saturated carbocycles. The summed E-state index contributed by atoms with van der Waals surface area (Å²) in [5.74, 6) is 2.93. The SMILES string of the molecule is COc1cc(OC)c(OC)cc1/C=N/Nc1nc(Nc2ccc3ccccc3c2)nc(N2CCOCC2)n1. The van der Waals surface area contributed by atoms with E-state index in [4.69, 9.17) is 18.9 Å². The molecule has 1 aromatic heterocycles. The van der Waals surface area contributed by atoms with Crippen molar-refractivity contribution in [2.45, 2.75) is 0 Å². The van der Waals surface area contributed by atoms with Crippen LogP contribution in [0.4, 0.5) is 23.5 Å². The molecule has 196 valence electrons. The third-order valence-electron chi connectivity index (χ3n) is 6.03. The predicted octanol–water partition coefficient (Wildman–Crippen LogP) is 4.08. The van der Waals surface area contributed by atoms with Gasteiger partial charge in [-0.1, -0.05) is 30.3 Å². The number of nitrogens with zero attached hydrogens (tertiary/aromatic N) is 5. The van der Waals surface area contributed by atoms with Crippen molar-refractivity contribution >= 4 is 40.5 Å². The normalized spacial score (nSPS) is 13.5. The molecule has 0 amide bonds. The Labute approximate surface area is 220 Å². The third-order valence-corrected chi connectivity index (χ3v) is 6.03. The van der Waals surface area contributed by atoms with E-state index in [2.05, 4.69) is 60.0 Å². The minimum Gasteiger partial charge on any atom is -0.496 e. The molecule has 0 unspecified atom stereocenters. The van der Waals surface area contributed by atoms with Gasteiger partial charge in [-0.25, -0.2) is 5.43 Å². The summed E-state index contributed by atoms with van der Waals surface area (Å²) in [6, 6.07) is 17.8. The van der Waals surface area contributed by atoms with Crippen molar-refractivity contribution in [3.63, 3.8) is 0 Å². The van der Waals surface area contributed by atoms with E-state index in [-0.39, 0.29) is 0 Å². The molecule has 0 aliphatic carbocycles. The standard InChI is InChI=1S/C27H29N7O4/c1-35-22-16-24(37-3)23(36-2)15-20(22)17-28-33-26-30-25(31-27(32-26)34-10-12-38-13-11-34)29-21-9-8-18-6-4-5-7-19(18)14-21/h4-9,14-17H,10-13H2,1-3H3,(H2,29,30,31,32,33)/b28-17+. The first-order chi connectivity index (χ1) is 18.7. The van der Waals surface area contributed by atoms with Crippen molar-refractivity contribution in [3.05, 3.63) is 60.2 Å². The number of hydrogen-bond donors (Lipinski definition) is 2. The molecule has 2 heterocycles. The van der Waals surface area contributed by atoms with Crippen LogP contribution in [0.25, 0.3) is 10.8 Å². The van der Waals surface area contributed by atoms with E-state index in [9.17, 15) is 0 Å². The Morgan fingerprint density at radius 1 is 0.816 bits per heavy atom. The van der Waals surface area contributed by atoms with Crippen LogP contribution in [0.5, 0.6) is 17.2 Å². The summed E-state index contributed by atoms with van der Waals surface area (Å²) < 4.78 is 21.7. The van der Waals surface area contributed by atoms with Crippen molar-refractivity contribution in [2.24, 2.45) is 5.10 Å². The smallest absolute Gasteiger partial charge is 0.250 e. The zero-order chi connectivity index (χ0) is 26.3. The first kappa shape index (κ1) is 25.0. The third kappa shape index (κ3) is 5.68. The van der Waals surface area contributed by atoms with Gasteiger partial charge < -0.3 is 29.2 Å². The highest BCUT2D eigenvalue weighted by Gasteiger charge is 2.17. The number of methoxy groups -OCH3 is 3. The van der Waals surface area contributed by atoms with E-state index in [0.717, 1.165) is 16.5 Å². The molecule has 1 aliphatic heterocycles. The van der Waals surface area contributed by atoms with E-state index in [1.165, 1.54) is 0 Å². The Hall–Kier alpha value is -4.64. The maximum absolute atomic E-state index is 5.49. The molecule has 38 heavy (non-hydrogen) atoms. The Morgan fingerprint density at radius 2 is 1.53 bits per heavy atom. The molecule has 0 bridgehead atoms. The number of nitrogens with one attached hydrogen (secondary N) is 2. The van der Waals surface area contributed by atoms with Crippen molar-refractivity contribution in [1.29, 1.82) is 0 Å². The summed E-state index contributed by atoms with van der Waals surface area (Å²) in [6.07, 6.45) is 1.61. The summed E-state index contributed by atoms with van der Waals surface area (Å²) >= 11 is 0. The second-order valence-corrected chi connectivity index (χ2v) is 8.39. The second kappa shape index (κ2) is 11.6. The molecule has 1 aliphatic rings. The van der Waals surface area contributed by atoms with E-state index in [0.29, 0.717) is 67.0 Å². The number of fused-ring (bicyclic) bond motifs is 1. The topological polar surface area (TPSA) is 115 Å². The van der Waals surface area contributed by atoms with E-state index < -0.39 is 0 Å². The molecule has 3 aromatic carbocycles. The Balaban J connectivity index is 1.42. The maximum atomic E-state index is 5.49. The second-order valence-electron chi connectivity index (χ2n) is 8.39. The largest absolute Gasteiger partial charge is 0.496 e. The lowest BCUT2D eigenvalue weighted by Gasteiger charge is -2.27. The van der Waals surface area contributed by atoms with Gasteiger partial charge in [-0.2, -0.15) is 20.1 Å². The molecule has 0 atom stereocenters. The van der Waals surface area contributed by atoms with Crippen molar-refractivity contribution < 1.29 is 18.9 Å². The number of benzene rings is 3. The minimum absolute atomic E-state index is 0.292. The molecule has 1 fully saturated rings. The highest BCUT2D eigenvalue weighted by Crippen LogP contribution is 2.33. The lowest BCUT2D eigenvalue weighted by molar-refractivity contribution is 0.122. The maximum Gasteiger partial charge on any atom is 0.250 e. The molecule has 11 nitrogen and oxygen atoms in total. The fourth-order valence-corrected chi connectivity index (χ4v) is 4.08. The predicted molar refractivity (Wildman–Crippen MR) is 147 cm³/mol. The molecule has 1 saturated heterocycles. The van der Waals surface area contributed by atoms with Gasteiger partial charge in [0.2, 0.25) is 17.8 Å². The van der Waals surface area contributed by atoms with Crippen LogP contribution in [-0.2, 0) is 4.74 Å². The van der Waals surface area contributed by atoms with Crippen LogP contribution in [0, 0.1) is 0 Å². The average molecular weight is 516 g/mol. The number of ether oxygens (including phenoxy) is 4. The Morgan fingerprint density at radius 3 is 2.29 bits per heavy atom. The van der Waals surface area contributed by atoms with Crippen molar-refractivity contribution in [1.82, 2.24) is 15.0 Å². The van der Waals surface area contributed by atoms with Crippen LogP contribution in [0.2, 0.25) is 0 Å². The average Bonchev–Trinajstić information content (AvgIpc) is 2.97. The quantitative estimate of drug-likeness (QED) is 0.250. The molecule has 0 spiro atoms. The number of anilines is 4. The highest BCUT2D eigenvalue weighted by molar-refractivity contribution is 5.86. The van der Waals surface area contributed by atoms with Gasteiger partial charge in [-0.3, -0.25) is 0 Å². The molecule has 5 rings (SSSR count). The van der Waals surface area contributed by atoms with Gasteiger partial charge in [0.15, 0.2) is 11.5 Å². The number of rotatable bonds is 9. The lowest BCUT2D eigenvalue weighted by atomic mass is 10.1. The summed E-state index contributed by atoms with van der Waals surface area (Å²) in [5.41, 5.74) is 4.48. The number of hydrogen-bond acceptors (Lipinski definition) is 11. The van der Waals surface area contributed by atoms with Crippen LogP contribution >= 0.6 is 0 Å². The van der Waals surface area contributed by atoms with Crippen molar-refractivity contribution in [3.8, 4) is 17.2 Å². The van der Waals surface area contributed by atoms with Crippen molar-refractivity contribution in [2.75, 3.05) is 63.3 Å². The first-order valence-corrected chi connectivity index (χ1v) is 12.1. The molecule has 11 heteroatoms. The number of morpholine rings is 1. The first-order valence-electron chi connectivity index (χ1n) is 12.1. The molecular formula is C27H29N7O4. The van der Waals surface area contributed by atoms with Gasteiger partial charge in [-0.05, 0) is 29.0 Å². The van der Waals surface area contributed by atoms with Crippen LogP contribution in [-0.4, -0.2) is 68.8 Å². The molecular weight excluding hydrogens is 486 g/mol. The number of aromatic nitrogens is 3. The summed E-state index contributed by atoms with van der Waals surface area (Å²) in [7, 11) is 4.73. The minimum atomic E-state index is 0.292. The van der Waals surface area contributed by atoms with E-state index in [1.807, 2.05) is 18.2 Å². The Bertz CT molecular complexity index is 1440. The van der Waals surface area contributed by atoms with Crippen LogP contribution in [0.3, 0.4) is 0 Å². The molecule has 0 radical (unpaired) electrons. The summed E-state index contributed by atoms with van der Waals surface area (Å²) in [6.45, 7) is 2.59. The van der Waals surface area contributed by atoms with Gasteiger partial charge in [-0.15, -0.1) is 0 Å². The Kier molecular flexibility index (Phi) is 7.65. The summed E-state index contributed by atoms with van der Waals surface area (Å²) in [4.78, 5) is 15.9. The zero-order valence-electron chi connectivity index (χ0n) is 21.5. The molecule has 4 aromatic rings. The van der Waals surface area contributed by atoms with E-state index >= 15 is 0 Å². The van der Waals surface area contributed by atoms with Crippen LogP contribution in [0.15, 0.2) is 59.7 Å². The fourth-order valence-electron chi connectivity index (χ4n) is 4.08. The van der Waals surface area contributed by atoms with E-state index in [1.54, 1.807) is 39.7 Å². The highest BCUT2D eigenvalue weighted by atomic mass is 16.5. The van der Waals surface area contributed by atoms with Gasteiger partial charge in [0.05, 0.1) is 40.8 Å². The van der Waals surface area contributed by atoms with Gasteiger partial charge >= 0.3 is 0 Å². The fraction of sp³-hybridized carbons (Fsp3) is 0.259. The van der Waals surface area contributed by atoms with Crippen LogP contribution in [0.1, 0.15) is 5.56 Å². The number of hydrazone groups is 1. The van der Waals surface area contributed by atoms with Crippen LogP contribution < -0.4 is 29.9 Å². The molecule has 2 N–H and O–H groups in total.